The van der Waals surface area contributed by atoms with Crippen molar-refractivity contribution in [2.24, 2.45) is 5.92 Å². The first-order chi connectivity index (χ1) is 17.0. The number of amides is 1. The fourth-order valence-corrected chi connectivity index (χ4v) is 5.94. The summed E-state index contributed by atoms with van der Waals surface area (Å²) < 4.78 is 13.2. The minimum atomic E-state index is -0.159. The number of likely N-dealkylation sites (tertiary alicyclic amines) is 2. The number of carbonyl (C=O) groups is 1. The molecule has 2 aliphatic rings. The second-order valence-corrected chi connectivity index (χ2v) is 10.6. The van der Waals surface area contributed by atoms with E-state index < -0.39 is 0 Å². The highest BCUT2D eigenvalue weighted by Crippen LogP contribution is 2.30. The lowest BCUT2D eigenvalue weighted by molar-refractivity contribution is 0.0780. The van der Waals surface area contributed by atoms with Gasteiger partial charge in [-0.25, -0.2) is 4.39 Å². The van der Waals surface area contributed by atoms with Crippen LogP contribution in [0.5, 0.6) is 0 Å². The van der Waals surface area contributed by atoms with Crippen LogP contribution in [0.4, 0.5) is 4.39 Å². The van der Waals surface area contributed by atoms with Crippen LogP contribution in [0, 0.1) is 18.7 Å². The van der Waals surface area contributed by atoms with Gasteiger partial charge in [0, 0.05) is 25.2 Å². The van der Waals surface area contributed by atoms with Gasteiger partial charge in [0.25, 0.3) is 5.91 Å². The Morgan fingerprint density at radius 3 is 2.31 bits per heavy atom. The van der Waals surface area contributed by atoms with Crippen LogP contribution in [0.3, 0.4) is 0 Å². The first-order valence-electron chi connectivity index (χ1n) is 12.9. The molecule has 0 saturated carbocycles. The third-order valence-corrected chi connectivity index (χ3v) is 8.07. The molecule has 2 aliphatic heterocycles. The van der Waals surface area contributed by atoms with Crippen LogP contribution in [-0.4, -0.2) is 48.4 Å². The SMILES string of the molecule is CCc1c(C)cccc1C(=O)N1CCC(CN2CCC(c3ccc(F)cc3)CC2)C1.c1ccsc1. The molecule has 3 nitrogen and oxygen atoms in total. The fraction of sp³-hybridized carbons (Fsp3) is 0.433. The molecule has 0 N–H and O–H groups in total. The number of nitrogens with zero attached hydrogens (tertiary/aromatic N) is 2. The molecule has 5 rings (SSSR count). The highest BCUT2D eigenvalue weighted by molar-refractivity contribution is 7.07. The molecule has 2 fully saturated rings. The molecule has 0 radical (unpaired) electrons. The van der Waals surface area contributed by atoms with Crippen molar-refractivity contribution in [3.05, 3.63) is 93.4 Å². The van der Waals surface area contributed by atoms with Crippen molar-refractivity contribution in [1.82, 2.24) is 9.80 Å². The lowest BCUT2D eigenvalue weighted by atomic mass is 9.89. The third kappa shape index (κ3) is 6.80. The van der Waals surface area contributed by atoms with E-state index >= 15 is 0 Å². The minimum absolute atomic E-state index is 0.159. The number of benzene rings is 2. The van der Waals surface area contributed by atoms with E-state index in [0.717, 1.165) is 64.0 Å². The molecule has 1 aromatic heterocycles. The summed E-state index contributed by atoms with van der Waals surface area (Å²) in [6, 6.07) is 17.1. The Kier molecular flexibility index (Phi) is 9.11. The number of thiophene rings is 1. The Labute approximate surface area is 213 Å². The van der Waals surface area contributed by atoms with E-state index in [9.17, 15) is 9.18 Å². The van der Waals surface area contributed by atoms with Gasteiger partial charge in [-0.2, -0.15) is 11.3 Å². The van der Waals surface area contributed by atoms with Crippen molar-refractivity contribution in [3.8, 4) is 0 Å². The zero-order valence-electron chi connectivity index (χ0n) is 21.0. The van der Waals surface area contributed by atoms with Gasteiger partial charge in [-0.15, -0.1) is 0 Å². The van der Waals surface area contributed by atoms with Crippen molar-refractivity contribution in [2.75, 3.05) is 32.7 Å². The summed E-state index contributed by atoms with van der Waals surface area (Å²) in [6.07, 6.45) is 4.25. The summed E-state index contributed by atoms with van der Waals surface area (Å²) >= 11 is 1.71. The van der Waals surface area contributed by atoms with Gasteiger partial charge >= 0.3 is 0 Å². The normalized spacial score (nSPS) is 18.8. The predicted molar refractivity (Wildman–Crippen MR) is 144 cm³/mol. The first kappa shape index (κ1) is 25.6. The average Bonchev–Trinajstić information content (AvgIpc) is 3.60. The van der Waals surface area contributed by atoms with E-state index in [1.54, 1.807) is 23.5 Å². The van der Waals surface area contributed by atoms with Gasteiger partial charge in [0.1, 0.15) is 5.82 Å². The van der Waals surface area contributed by atoms with E-state index in [2.05, 4.69) is 29.7 Å². The van der Waals surface area contributed by atoms with Crippen LogP contribution in [0.25, 0.3) is 0 Å². The monoisotopic (exact) mass is 492 g/mol. The highest BCUT2D eigenvalue weighted by Gasteiger charge is 2.30. The van der Waals surface area contributed by atoms with Crippen LogP contribution in [-0.2, 0) is 6.42 Å². The number of hydrogen-bond acceptors (Lipinski definition) is 3. The summed E-state index contributed by atoms with van der Waals surface area (Å²) in [6.45, 7) is 9.21. The van der Waals surface area contributed by atoms with Gasteiger partial charge in [-0.3, -0.25) is 4.79 Å². The molecule has 3 heterocycles. The van der Waals surface area contributed by atoms with Gasteiger partial charge in [-0.1, -0.05) is 43.3 Å². The molecule has 2 saturated heterocycles. The number of hydrogen-bond donors (Lipinski definition) is 0. The number of piperidine rings is 1. The Hall–Kier alpha value is -2.50. The molecule has 5 heteroatoms. The zero-order chi connectivity index (χ0) is 24.6. The lowest BCUT2D eigenvalue weighted by Crippen LogP contribution is -2.38. The number of aryl methyl sites for hydroxylation is 1. The zero-order valence-corrected chi connectivity index (χ0v) is 21.8. The lowest BCUT2D eigenvalue weighted by Gasteiger charge is -2.33. The average molecular weight is 493 g/mol. The standard InChI is InChI=1S/C26H33FN2O.C4H4S/c1-3-24-19(2)5-4-6-25(24)26(30)29-16-11-20(18-29)17-28-14-12-22(13-15-28)21-7-9-23(27)10-8-21;1-2-4-5-3-1/h4-10,20,22H,3,11-18H2,1-2H3;1-4H. The van der Waals surface area contributed by atoms with Gasteiger partial charge in [0.15, 0.2) is 0 Å². The van der Waals surface area contributed by atoms with E-state index in [1.165, 1.54) is 16.7 Å². The maximum Gasteiger partial charge on any atom is 0.254 e. The Bertz CT molecular complexity index is 1040. The molecule has 0 spiro atoms. The molecule has 1 atom stereocenters. The minimum Gasteiger partial charge on any atom is -0.338 e. The van der Waals surface area contributed by atoms with Gasteiger partial charge in [-0.05, 0) is 103 Å². The molecule has 0 aliphatic carbocycles. The quantitative estimate of drug-likeness (QED) is 0.392. The molecule has 1 unspecified atom stereocenters. The largest absolute Gasteiger partial charge is 0.338 e. The van der Waals surface area contributed by atoms with Crippen molar-refractivity contribution in [1.29, 1.82) is 0 Å². The van der Waals surface area contributed by atoms with Crippen LogP contribution in [0.1, 0.15) is 59.2 Å². The van der Waals surface area contributed by atoms with Gasteiger partial charge < -0.3 is 9.80 Å². The van der Waals surface area contributed by atoms with E-state index in [-0.39, 0.29) is 11.7 Å². The van der Waals surface area contributed by atoms with Crippen LogP contribution in [0.15, 0.2) is 65.4 Å². The summed E-state index contributed by atoms with van der Waals surface area (Å²) in [4.78, 5) is 17.7. The molecule has 2 aromatic carbocycles. The van der Waals surface area contributed by atoms with Crippen LogP contribution < -0.4 is 0 Å². The maximum absolute atomic E-state index is 13.2. The maximum atomic E-state index is 13.2. The Balaban J connectivity index is 0.000000514. The fourth-order valence-electron chi connectivity index (χ4n) is 5.48. The van der Waals surface area contributed by atoms with Gasteiger partial charge in [0.2, 0.25) is 0 Å². The second-order valence-electron chi connectivity index (χ2n) is 9.78. The molecular weight excluding hydrogens is 455 g/mol. The predicted octanol–water partition coefficient (Wildman–Crippen LogP) is 6.79. The molecule has 0 bridgehead atoms. The van der Waals surface area contributed by atoms with E-state index in [1.807, 2.05) is 47.2 Å². The van der Waals surface area contributed by atoms with Crippen molar-refractivity contribution in [3.63, 3.8) is 0 Å². The topological polar surface area (TPSA) is 23.6 Å². The summed E-state index contributed by atoms with van der Waals surface area (Å²) in [5.41, 5.74) is 4.55. The smallest absolute Gasteiger partial charge is 0.254 e. The highest BCUT2D eigenvalue weighted by atomic mass is 32.1. The van der Waals surface area contributed by atoms with Crippen molar-refractivity contribution < 1.29 is 9.18 Å². The summed E-state index contributed by atoms with van der Waals surface area (Å²) in [5.74, 6) is 1.14. The third-order valence-electron chi connectivity index (χ3n) is 7.44. The van der Waals surface area contributed by atoms with E-state index in [4.69, 9.17) is 0 Å². The Morgan fingerprint density at radius 1 is 0.971 bits per heavy atom. The number of carbonyl (C=O) groups excluding carboxylic acids is 1. The number of rotatable bonds is 5. The molecular formula is C30H37FN2OS. The van der Waals surface area contributed by atoms with E-state index in [0.29, 0.717) is 11.8 Å². The number of halogens is 1. The first-order valence-corrected chi connectivity index (χ1v) is 13.8. The summed E-state index contributed by atoms with van der Waals surface area (Å²) in [5, 5.41) is 4.08. The van der Waals surface area contributed by atoms with Crippen LogP contribution in [0.2, 0.25) is 0 Å². The van der Waals surface area contributed by atoms with Crippen molar-refractivity contribution in [2.45, 2.75) is 45.4 Å². The molecule has 3 aromatic rings. The Morgan fingerprint density at radius 2 is 1.69 bits per heavy atom. The van der Waals surface area contributed by atoms with Crippen LogP contribution >= 0.6 is 11.3 Å². The summed E-state index contributed by atoms with van der Waals surface area (Å²) in [7, 11) is 0. The molecule has 186 valence electrons. The van der Waals surface area contributed by atoms with Crippen molar-refractivity contribution >= 4 is 17.2 Å². The molecule has 35 heavy (non-hydrogen) atoms. The molecule has 1 amide bonds. The second kappa shape index (κ2) is 12.5. The van der Waals surface area contributed by atoms with Gasteiger partial charge in [0.05, 0.1) is 0 Å².